The molecular formula is C14H12BrN3O. The maximum Gasteiger partial charge on any atom is 0.241 e. The molecule has 1 aromatic heterocycles. The molecule has 0 aliphatic heterocycles. The number of hydrogen-bond donors (Lipinski definition) is 1. The number of nitrogens with zero attached hydrogens (tertiary/aromatic N) is 2. The van der Waals surface area contributed by atoms with Crippen LogP contribution in [0.5, 0.6) is 0 Å². The van der Waals surface area contributed by atoms with E-state index in [9.17, 15) is 4.79 Å². The highest BCUT2D eigenvalue weighted by molar-refractivity contribution is 9.10. The number of pyridine rings is 1. The SMILES string of the molecule is CCC(C#N)C(=O)Nc1cccc2cc(Br)cnc12. The lowest BCUT2D eigenvalue weighted by Crippen LogP contribution is -2.21. The molecule has 1 atom stereocenters. The fourth-order valence-electron chi connectivity index (χ4n) is 1.79. The first-order chi connectivity index (χ1) is 9.15. The second kappa shape index (κ2) is 5.81. The average molecular weight is 318 g/mol. The summed E-state index contributed by atoms with van der Waals surface area (Å²) in [4.78, 5) is 16.2. The van der Waals surface area contributed by atoms with Crippen molar-refractivity contribution in [3.05, 3.63) is 34.9 Å². The van der Waals surface area contributed by atoms with E-state index in [0.29, 0.717) is 17.6 Å². The van der Waals surface area contributed by atoms with E-state index in [1.54, 1.807) is 12.3 Å². The second-order valence-electron chi connectivity index (χ2n) is 4.11. The molecule has 0 saturated carbocycles. The topological polar surface area (TPSA) is 65.8 Å². The van der Waals surface area contributed by atoms with Crippen molar-refractivity contribution < 1.29 is 4.79 Å². The van der Waals surface area contributed by atoms with E-state index in [2.05, 4.69) is 26.2 Å². The van der Waals surface area contributed by atoms with E-state index in [1.807, 2.05) is 31.2 Å². The molecule has 0 bridgehead atoms. The molecule has 4 nitrogen and oxygen atoms in total. The molecular weight excluding hydrogens is 306 g/mol. The summed E-state index contributed by atoms with van der Waals surface area (Å²) in [7, 11) is 0. The van der Waals surface area contributed by atoms with Gasteiger partial charge in [0.1, 0.15) is 5.92 Å². The molecule has 0 aliphatic carbocycles. The van der Waals surface area contributed by atoms with Gasteiger partial charge in [-0.3, -0.25) is 9.78 Å². The first-order valence-corrected chi connectivity index (χ1v) is 6.69. The van der Waals surface area contributed by atoms with Crippen molar-refractivity contribution in [3.8, 4) is 6.07 Å². The molecule has 0 spiro atoms. The number of halogens is 1. The predicted octanol–water partition coefficient (Wildman–Crippen LogP) is 3.49. The van der Waals surface area contributed by atoms with Crippen molar-refractivity contribution in [1.82, 2.24) is 4.98 Å². The molecule has 2 aromatic rings. The number of carbonyl (C=O) groups is 1. The van der Waals surface area contributed by atoms with Crippen LogP contribution in [0.15, 0.2) is 34.9 Å². The van der Waals surface area contributed by atoms with Crippen LogP contribution in [-0.4, -0.2) is 10.9 Å². The van der Waals surface area contributed by atoms with E-state index in [4.69, 9.17) is 5.26 Å². The van der Waals surface area contributed by atoms with Gasteiger partial charge in [-0.2, -0.15) is 5.26 Å². The molecule has 96 valence electrons. The lowest BCUT2D eigenvalue weighted by atomic mass is 10.1. The van der Waals surface area contributed by atoms with E-state index < -0.39 is 5.92 Å². The zero-order valence-corrected chi connectivity index (χ0v) is 11.9. The number of hydrogen-bond acceptors (Lipinski definition) is 3. The first-order valence-electron chi connectivity index (χ1n) is 5.90. The Balaban J connectivity index is 2.36. The zero-order valence-electron chi connectivity index (χ0n) is 10.4. The molecule has 0 aliphatic rings. The normalized spacial score (nSPS) is 11.8. The van der Waals surface area contributed by atoms with Crippen molar-refractivity contribution >= 4 is 38.4 Å². The van der Waals surface area contributed by atoms with Crippen LogP contribution in [0.4, 0.5) is 5.69 Å². The monoisotopic (exact) mass is 317 g/mol. The third-order valence-corrected chi connectivity index (χ3v) is 3.25. The Morgan fingerprint density at radius 2 is 2.37 bits per heavy atom. The standard InChI is InChI=1S/C14H12BrN3O/c1-2-9(7-16)14(19)18-12-5-3-4-10-6-11(15)8-17-13(10)12/h3-6,8-9H,2H2,1H3,(H,18,19). The van der Waals surface area contributed by atoms with Crippen LogP contribution in [0.3, 0.4) is 0 Å². The number of carbonyl (C=O) groups excluding carboxylic acids is 1. The van der Waals surface area contributed by atoms with Gasteiger partial charge in [0.25, 0.3) is 0 Å². The number of benzene rings is 1. The van der Waals surface area contributed by atoms with Gasteiger partial charge >= 0.3 is 0 Å². The number of para-hydroxylation sites is 1. The van der Waals surface area contributed by atoms with Gasteiger partial charge in [-0.15, -0.1) is 0 Å². The molecule has 1 aromatic carbocycles. The molecule has 1 unspecified atom stereocenters. The molecule has 0 radical (unpaired) electrons. The summed E-state index contributed by atoms with van der Waals surface area (Å²) < 4.78 is 0.881. The van der Waals surface area contributed by atoms with Crippen LogP contribution < -0.4 is 5.32 Å². The van der Waals surface area contributed by atoms with E-state index >= 15 is 0 Å². The van der Waals surface area contributed by atoms with Crippen molar-refractivity contribution in [1.29, 1.82) is 5.26 Å². The van der Waals surface area contributed by atoms with Crippen molar-refractivity contribution in [2.75, 3.05) is 5.32 Å². The van der Waals surface area contributed by atoms with Gasteiger partial charge in [0, 0.05) is 16.1 Å². The van der Waals surface area contributed by atoms with Gasteiger partial charge in [0.15, 0.2) is 0 Å². The maximum absolute atomic E-state index is 11.9. The molecule has 5 heteroatoms. The molecule has 0 saturated heterocycles. The van der Waals surface area contributed by atoms with Crippen LogP contribution in [0.25, 0.3) is 10.9 Å². The molecule has 2 rings (SSSR count). The van der Waals surface area contributed by atoms with Gasteiger partial charge in [0.2, 0.25) is 5.91 Å². The third-order valence-electron chi connectivity index (χ3n) is 2.82. The minimum absolute atomic E-state index is 0.290. The lowest BCUT2D eigenvalue weighted by molar-refractivity contribution is -0.118. The molecule has 19 heavy (non-hydrogen) atoms. The summed E-state index contributed by atoms with van der Waals surface area (Å²) >= 11 is 3.36. The summed E-state index contributed by atoms with van der Waals surface area (Å²) in [6.45, 7) is 1.81. The maximum atomic E-state index is 11.9. The lowest BCUT2D eigenvalue weighted by Gasteiger charge is -2.10. The third kappa shape index (κ3) is 2.91. The first kappa shape index (κ1) is 13.5. The van der Waals surface area contributed by atoms with Crippen molar-refractivity contribution in [3.63, 3.8) is 0 Å². The van der Waals surface area contributed by atoms with E-state index in [-0.39, 0.29) is 5.91 Å². The molecule has 1 heterocycles. The summed E-state index contributed by atoms with van der Waals surface area (Å²) in [5, 5.41) is 12.6. The number of rotatable bonds is 3. The predicted molar refractivity (Wildman–Crippen MR) is 77.5 cm³/mol. The number of aromatic nitrogens is 1. The smallest absolute Gasteiger partial charge is 0.241 e. The Morgan fingerprint density at radius 1 is 1.58 bits per heavy atom. The van der Waals surface area contributed by atoms with Crippen LogP contribution in [0.1, 0.15) is 13.3 Å². The number of nitrogens with one attached hydrogen (secondary N) is 1. The fourth-order valence-corrected chi connectivity index (χ4v) is 2.14. The second-order valence-corrected chi connectivity index (χ2v) is 5.03. The minimum atomic E-state index is -0.634. The van der Waals surface area contributed by atoms with Gasteiger partial charge in [-0.1, -0.05) is 19.1 Å². The largest absolute Gasteiger partial charge is 0.323 e. The molecule has 1 N–H and O–H groups in total. The van der Waals surface area contributed by atoms with Crippen molar-refractivity contribution in [2.45, 2.75) is 13.3 Å². The quantitative estimate of drug-likeness (QED) is 0.942. The number of amides is 1. The highest BCUT2D eigenvalue weighted by Crippen LogP contribution is 2.24. The van der Waals surface area contributed by atoms with Crippen LogP contribution in [0, 0.1) is 17.2 Å². The Kier molecular flexibility index (Phi) is 4.13. The summed E-state index contributed by atoms with van der Waals surface area (Å²) in [5.41, 5.74) is 1.34. The van der Waals surface area contributed by atoms with Crippen LogP contribution in [-0.2, 0) is 4.79 Å². The van der Waals surface area contributed by atoms with Crippen molar-refractivity contribution in [2.24, 2.45) is 5.92 Å². The highest BCUT2D eigenvalue weighted by atomic mass is 79.9. The average Bonchev–Trinajstić information content (AvgIpc) is 2.40. The Hall–Kier alpha value is -1.93. The van der Waals surface area contributed by atoms with Gasteiger partial charge in [0.05, 0.1) is 17.3 Å². The van der Waals surface area contributed by atoms with Crippen LogP contribution in [0.2, 0.25) is 0 Å². The summed E-state index contributed by atoms with van der Waals surface area (Å²) in [6.07, 6.45) is 2.17. The van der Waals surface area contributed by atoms with Crippen LogP contribution >= 0.6 is 15.9 Å². The van der Waals surface area contributed by atoms with Gasteiger partial charge in [-0.25, -0.2) is 0 Å². The summed E-state index contributed by atoms with van der Waals surface area (Å²) in [5.74, 6) is -0.923. The highest BCUT2D eigenvalue weighted by Gasteiger charge is 2.16. The van der Waals surface area contributed by atoms with E-state index in [0.717, 1.165) is 9.86 Å². The molecule has 1 amide bonds. The fraction of sp³-hybridized carbons (Fsp3) is 0.214. The summed E-state index contributed by atoms with van der Waals surface area (Å²) in [6, 6.07) is 9.47. The number of anilines is 1. The van der Waals surface area contributed by atoms with E-state index in [1.165, 1.54) is 0 Å². The van der Waals surface area contributed by atoms with Gasteiger partial charge in [-0.05, 0) is 34.5 Å². The molecule has 0 fully saturated rings. The minimum Gasteiger partial charge on any atom is -0.323 e. The Labute approximate surface area is 119 Å². The Bertz CT molecular complexity index is 663. The number of fused-ring (bicyclic) bond motifs is 1. The number of nitriles is 1. The zero-order chi connectivity index (χ0) is 13.8. The van der Waals surface area contributed by atoms with Gasteiger partial charge < -0.3 is 5.32 Å². The Morgan fingerprint density at radius 3 is 3.05 bits per heavy atom.